The number of hydrogen-bond donors (Lipinski definition) is 1. The molecular weight excluding hydrogens is 221 g/mol. The van der Waals surface area contributed by atoms with E-state index in [4.69, 9.17) is 0 Å². The van der Waals surface area contributed by atoms with Crippen LogP contribution in [0, 0.1) is 5.82 Å². The highest BCUT2D eigenvalue weighted by atomic mass is 32.2. The molecule has 0 bridgehead atoms. The van der Waals surface area contributed by atoms with Crippen LogP contribution in [-0.4, -0.2) is 18.3 Å². The summed E-state index contributed by atoms with van der Waals surface area (Å²) in [5, 5.41) is 3.38. The molecule has 1 aromatic carbocycles. The van der Waals surface area contributed by atoms with Crippen LogP contribution in [-0.2, 0) is 0 Å². The van der Waals surface area contributed by atoms with E-state index in [-0.39, 0.29) is 5.82 Å². The van der Waals surface area contributed by atoms with Gasteiger partial charge in [-0.25, -0.2) is 4.39 Å². The van der Waals surface area contributed by atoms with E-state index >= 15 is 0 Å². The van der Waals surface area contributed by atoms with Crippen molar-refractivity contribution in [3.8, 4) is 0 Å². The molecule has 0 radical (unpaired) electrons. The first-order valence-electron chi connectivity index (χ1n) is 5.84. The molecule has 16 heavy (non-hydrogen) atoms. The van der Waals surface area contributed by atoms with Gasteiger partial charge < -0.3 is 5.32 Å². The Labute approximate surface area is 102 Å². The molecule has 0 saturated heterocycles. The van der Waals surface area contributed by atoms with Crippen LogP contribution in [0.5, 0.6) is 0 Å². The highest BCUT2D eigenvalue weighted by Crippen LogP contribution is 2.20. The first-order chi connectivity index (χ1) is 7.72. The van der Waals surface area contributed by atoms with E-state index in [1.54, 1.807) is 23.9 Å². The topological polar surface area (TPSA) is 12.0 Å². The average molecular weight is 241 g/mol. The molecule has 1 atom stereocenters. The van der Waals surface area contributed by atoms with Crippen molar-refractivity contribution >= 4 is 11.8 Å². The monoisotopic (exact) mass is 241 g/mol. The molecule has 90 valence electrons. The van der Waals surface area contributed by atoms with Crippen LogP contribution in [0.4, 0.5) is 4.39 Å². The molecule has 0 spiro atoms. The quantitative estimate of drug-likeness (QED) is 0.577. The zero-order valence-electron chi connectivity index (χ0n) is 10.0. The Hall–Kier alpha value is -0.540. The van der Waals surface area contributed by atoms with Crippen LogP contribution in [0.15, 0.2) is 29.2 Å². The minimum atomic E-state index is -0.147. The minimum absolute atomic E-state index is 0.147. The molecule has 0 heterocycles. The van der Waals surface area contributed by atoms with Gasteiger partial charge >= 0.3 is 0 Å². The summed E-state index contributed by atoms with van der Waals surface area (Å²) in [6, 6.07) is 7.38. The van der Waals surface area contributed by atoms with Crippen molar-refractivity contribution in [2.75, 3.05) is 12.3 Å². The maximum atomic E-state index is 12.9. The Bertz CT molecular complexity index is 304. The van der Waals surface area contributed by atoms with Gasteiger partial charge in [-0.1, -0.05) is 13.0 Å². The molecule has 1 aromatic rings. The number of nitrogens with one attached hydrogen (secondary N) is 1. The molecule has 1 N–H and O–H groups in total. The van der Waals surface area contributed by atoms with Crippen molar-refractivity contribution < 1.29 is 4.39 Å². The highest BCUT2D eigenvalue weighted by molar-refractivity contribution is 7.99. The smallest absolute Gasteiger partial charge is 0.124 e. The van der Waals surface area contributed by atoms with Gasteiger partial charge in [0.15, 0.2) is 0 Å². The molecule has 1 rings (SSSR count). The third-order valence-corrected chi connectivity index (χ3v) is 3.48. The summed E-state index contributed by atoms with van der Waals surface area (Å²) >= 11 is 1.73. The zero-order valence-corrected chi connectivity index (χ0v) is 10.8. The van der Waals surface area contributed by atoms with Gasteiger partial charge in [0.2, 0.25) is 0 Å². The van der Waals surface area contributed by atoms with Crippen molar-refractivity contribution in [1.29, 1.82) is 0 Å². The lowest BCUT2D eigenvalue weighted by Gasteiger charge is -2.11. The predicted molar refractivity (Wildman–Crippen MR) is 69.5 cm³/mol. The summed E-state index contributed by atoms with van der Waals surface area (Å²) < 4.78 is 12.9. The Morgan fingerprint density at radius 3 is 2.94 bits per heavy atom. The SMILES string of the molecule is CCNC(C)CCCSc1cccc(F)c1. The second-order valence-corrected chi connectivity index (χ2v) is 5.08. The molecule has 3 heteroatoms. The lowest BCUT2D eigenvalue weighted by Crippen LogP contribution is -2.25. The van der Waals surface area contributed by atoms with Gasteiger partial charge in [0, 0.05) is 10.9 Å². The fourth-order valence-corrected chi connectivity index (χ4v) is 2.50. The van der Waals surface area contributed by atoms with Crippen LogP contribution >= 0.6 is 11.8 Å². The molecule has 0 fully saturated rings. The van der Waals surface area contributed by atoms with E-state index in [9.17, 15) is 4.39 Å². The van der Waals surface area contributed by atoms with Gasteiger partial charge in [-0.05, 0) is 50.3 Å². The zero-order chi connectivity index (χ0) is 11.8. The van der Waals surface area contributed by atoms with Crippen molar-refractivity contribution in [2.24, 2.45) is 0 Å². The number of thioether (sulfide) groups is 1. The van der Waals surface area contributed by atoms with Gasteiger partial charge in [-0.15, -0.1) is 11.8 Å². The molecule has 0 aromatic heterocycles. The van der Waals surface area contributed by atoms with E-state index < -0.39 is 0 Å². The molecule has 0 aliphatic rings. The van der Waals surface area contributed by atoms with Crippen molar-refractivity contribution in [3.05, 3.63) is 30.1 Å². The standard InChI is InChI=1S/C13H20FNS/c1-3-15-11(2)6-5-9-16-13-8-4-7-12(14)10-13/h4,7-8,10-11,15H,3,5-6,9H2,1-2H3. The van der Waals surface area contributed by atoms with E-state index in [1.165, 1.54) is 12.5 Å². The van der Waals surface area contributed by atoms with Gasteiger partial charge in [-0.3, -0.25) is 0 Å². The fraction of sp³-hybridized carbons (Fsp3) is 0.538. The van der Waals surface area contributed by atoms with E-state index in [0.717, 1.165) is 23.6 Å². The van der Waals surface area contributed by atoms with Gasteiger partial charge in [0.05, 0.1) is 0 Å². The average Bonchev–Trinajstić information content (AvgIpc) is 2.25. The summed E-state index contributed by atoms with van der Waals surface area (Å²) in [7, 11) is 0. The molecule has 1 unspecified atom stereocenters. The van der Waals surface area contributed by atoms with E-state index in [1.807, 2.05) is 6.07 Å². The molecule has 0 aliphatic heterocycles. The highest BCUT2D eigenvalue weighted by Gasteiger charge is 2.00. The minimum Gasteiger partial charge on any atom is -0.315 e. The van der Waals surface area contributed by atoms with Crippen LogP contribution in [0.2, 0.25) is 0 Å². The molecule has 0 amide bonds. The fourth-order valence-electron chi connectivity index (χ4n) is 1.59. The van der Waals surface area contributed by atoms with Crippen molar-refractivity contribution in [2.45, 2.75) is 37.6 Å². The normalized spacial score (nSPS) is 12.7. The van der Waals surface area contributed by atoms with E-state index in [0.29, 0.717) is 6.04 Å². The number of benzene rings is 1. The summed E-state index contributed by atoms with van der Waals surface area (Å²) in [4.78, 5) is 1.02. The van der Waals surface area contributed by atoms with Crippen LogP contribution in [0.25, 0.3) is 0 Å². The molecular formula is C13H20FNS. The number of rotatable bonds is 7. The van der Waals surface area contributed by atoms with Gasteiger partial charge in [0.25, 0.3) is 0 Å². The Morgan fingerprint density at radius 1 is 1.44 bits per heavy atom. The third kappa shape index (κ3) is 5.52. The van der Waals surface area contributed by atoms with Gasteiger partial charge in [-0.2, -0.15) is 0 Å². The number of hydrogen-bond acceptors (Lipinski definition) is 2. The molecule has 0 saturated carbocycles. The first-order valence-corrected chi connectivity index (χ1v) is 6.82. The van der Waals surface area contributed by atoms with Gasteiger partial charge in [0.1, 0.15) is 5.82 Å². The molecule has 0 aliphatic carbocycles. The largest absolute Gasteiger partial charge is 0.315 e. The molecule has 1 nitrogen and oxygen atoms in total. The maximum Gasteiger partial charge on any atom is 0.124 e. The second kappa shape index (κ2) is 7.69. The van der Waals surface area contributed by atoms with Crippen molar-refractivity contribution in [1.82, 2.24) is 5.32 Å². The van der Waals surface area contributed by atoms with Crippen LogP contribution in [0.3, 0.4) is 0 Å². The summed E-state index contributed by atoms with van der Waals surface area (Å²) in [6.07, 6.45) is 2.34. The summed E-state index contributed by atoms with van der Waals surface area (Å²) in [6.45, 7) is 5.35. The number of halogens is 1. The predicted octanol–water partition coefficient (Wildman–Crippen LogP) is 3.70. The lowest BCUT2D eigenvalue weighted by molar-refractivity contribution is 0.526. The Kier molecular flexibility index (Phi) is 6.50. The maximum absolute atomic E-state index is 12.9. The summed E-state index contributed by atoms with van der Waals surface area (Å²) in [5.74, 6) is 0.908. The Balaban J connectivity index is 2.16. The van der Waals surface area contributed by atoms with Crippen LogP contribution in [0.1, 0.15) is 26.7 Å². The second-order valence-electron chi connectivity index (χ2n) is 3.91. The first kappa shape index (κ1) is 13.5. The summed E-state index contributed by atoms with van der Waals surface area (Å²) in [5.41, 5.74) is 0. The van der Waals surface area contributed by atoms with Crippen LogP contribution < -0.4 is 5.32 Å². The van der Waals surface area contributed by atoms with E-state index in [2.05, 4.69) is 19.2 Å². The Morgan fingerprint density at radius 2 is 2.25 bits per heavy atom. The third-order valence-electron chi connectivity index (χ3n) is 2.40. The van der Waals surface area contributed by atoms with Crippen molar-refractivity contribution in [3.63, 3.8) is 0 Å². The lowest BCUT2D eigenvalue weighted by atomic mass is 10.2.